The van der Waals surface area contributed by atoms with Crippen molar-refractivity contribution < 1.29 is 9.53 Å². The minimum Gasteiger partial charge on any atom is -0.444 e. The molecule has 120 valence electrons. The number of nitrogens with zero attached hydrogens (tertiary/aromatic N) is 2. The number of hydrogen-bond donors (Lipinski definition) is 1. The maximum Gasteiger partial charge on any atom is 0.410 e. The lowest BCUT2D eigenvalue weighted by Crippen LogP contribution is -2.72. The van der Waals surface area contributed by atoms with E-state index in [4.69, 9.17) is 4.74 Å². The third kappa shape index (κ3) is 4.65. The summed E-state index contributed by atoms with van der Waals surface area (Å²) in [5, 5.41) is 3.35. The van der Waals surface area contributed by atoms with Crippen molar-refractivity contribution in [3.63, 3.8) is 0 Å². The van der Waals surface area contributed by atoms with Gasteiger partial charge in [0.1, 0.15) is 5.60 Å². The summed E-state index contributed by atoms with van der Waals surface area (Å²) in [4.78, 5) is 16.2. The van der Waals surface area contributed by atoms with Gasteiger partial charge in [-0.25, -0.2) is 4.79 Å². The van der Waals surface area contributed by atoms with Gasteiger partial charge in [0.15, 0.2) is 0 Å². The highest BCUT2D eigenvalue weighted by Gasteiger charge is 2.46. The van der Waals surface area contributed by atoms with E-state index in [1.54, 1.807) is 4.90 Å². The Morgan fingerprint density at radius 3 is 2.10 bits per heavy atom. The molecule has 2 rings (SSSR count). The zero-order valence-electron chi connectivity index (χ0n) is 12.8. The molecule has 0 bridgehead atoms. The second kappa shape index (κ2) is 7.16. The maximum atomic E-state index is 11.9. The highest BCUT2D eigenvalue weighted by Crippen LogP contribution is 2.29. The van der Waals surface area contributed by atoms with Crippen molar-refractivity contribution in [3.8, 4) is 0 Å². The van der Waals surface area contributed by atoms with E-state index in [0.29, 0.717) is 0 Å². The fourth-order valence-corrected chi connectivity index (χ4v) is 2.64. The van der Waals surface area contributed by atoms with Gasteiger partial charge < -0.3 is 15.0 Å². The molecule has 0 spiro atoms. The standard InChI is InChI=1S/C13H25N3O2.2ClH/c1-12(2,3)18-11(17)15-9-13(4,10-15)16-7-5-14-6-8-16;;/h14H,5-10H2,1-4H3;2*1H. The number of amides is 1. The van der Waals surface area contributed by atoms with Crippen LogP contribution in [0.2, 0.25) is 0 Å². The number of carbonyl (C=O) groups excluding carboxylic acids is 1. The summed E-state index contributed by atoms with van der Waals surface area (Å²) >= 11 is 0. The third-order valence-electron chi connectivity index (χ3n) is 3.60. The van der Waals surface area contributed by atoms with Crippen molar-refractivity contribution in [1.82, 2.24) is 15.1 Å². The Kier molecular flexibility index (Phi) is 7.08. The van der Waals surface area contributed by atoms with Crippen LogP contribution in [0, 0.1) is 0 Å². The zero-order chi connectivity index (χ0) is 13.4. The molecule has 0 aliphatic carbocycles. The van der Waals surface area contributed by atoms with Crippen LogP contribution >= 0.6 is 24.8 Å². The predicted octanol–water partition coefficient (Wildman–Crippen LogP) is 1.74. The maximum absolute atomic E-state index is 11.9. The molecule has 7 heteroatoms. The average molecular weight is 328 g/mol. The molecule has 0 aromatic carbocycles. The van der Waals surface area contributed by atoms with Crippen LogP contribution in [-0.4, -0.2) is 66.3 Å². The molecule has 2 aliphatic rings. The molecule has 0 saturated carbocycles. The Balaban J connectivity index is 0.00000180. The van der Waals surface area contributed by atoms with Gasteiger partial charge in [0, 0.05) is 39.3 Å². The van der Waals surface area contributed by atoms with Gasteiger partial charge in [-0.1, -0.05) is 0 Å². The zero-order valence-corrected chi connectivity index (χ0v) is 14.4. The molecule has 2 heterocycles. The fraction of sp³-hybridized carbons (Fsp3) is 0.923. The summed E-state index contributed by atoms with van der Waals surface area (Å²) in [6.45, 7) is 13.7. The first-order chi connectivity index (χ1) is 8.30. The second-order valence-electron chi connectivity index (χ2n) is 6.57. The first-order valence-electron chi connectivity index (χ1n) is 6.74. The first-order valence-corrected chi connectivity index (χ1v) is 6.74. The minimum atomic E-state index is -0.405. The van der Waals surface area contributed by atoms with Crippen LogP contribution in [-0.2, 0) is 4.74 Å². The molecule has 2 fully saturated rings. The van der Waals surface area contributed by atoms with Crippen molar-refractivity contribution in [2.24, 2.45) is 0 Å². The Bertz CT molecular complexity index is 322. The molecule has 0 aromatic rings. The van der Waals surface area contributed by atoms with Crippen LogP contribution in [0.1, 0.15) is 27.7 Å². The number of rotatable bonds is 1. The summed E-state index contributed by atoms with van der Waals surface area (Å²) in [5.41, 5.74) is -0.267. The largest absolute Gasteiger partial charge is 0.444 e. The summed E-state index contributed by atoms with van der Waals surface area (Å²) in [5.74, 6) is 0. The van der Waals surface area contributed by atoms with Gasteiger partial charge in [0.2, 0.25) is 0 Å². The lowest BCUT2D eigenvalue weighted by atomic mass is 9.90. The van der Waals surface area contributed by atoms with Crippen molar-refractivity contribution >= 4 is 30.9 Å². The number of carbonyl (C=O) groups is 1. The molecule has 0 atom stereocenters. The van der Waals surface area contributed by atoms with E-state index < -0.39 is 5.60 Å². The molecule has 2 saturated heterocycles. The lowest BCUT2D eigenvalue weighted by Gasteiger charge is -2.54. The van der Waals surface area contributed by atoms with Gasteiger partial charge in [0.05, 0.1) is 5.54 Å². The normalized spacial score (nSPS) is 22.1. The predicted molar refractivity (Wildman–Crippen MR) is 85.2 cm³/mol. The van der Waals surface area contributed by atoms with E-state index in [1.807, 2.05) is 20.8 Å². The molecular weight excluding hydrogens is 301 g/mol. The second-order valence-corrected chi connectivity index (χ2v) is 6.57. The topological polar surface area (TPSA) is 44.8 Å². The van der Waals surface area contributed by atoms with Gasteiger partial charge in [0.25, 0.3) is 0 Å². The SMILES string of the molecule is CC(C)(C)OC(=O)N1CC(C)(N2CCNCC2)C1.Cl.Cl. The average Bonchev–Trinajstić information content (AvgIpc) is 2.23. The summed E-state index contributed by atoms with van der Waals surface area (Å²) in [6, 6.07) is 0. The van der Waals surface area contributed by atoms with Crippen molar-refractivity contribution in [1.29, 1.82) is 0 Å². The highest BCUT2D eigenvalue weighted by molar-refractivity contribution is 5.85. The van der Waals surface area contributed by atoms with Crippen molar-refractivity contribution in [2.75, 3.05) is 39.3 Å². The van der Waals surface area contributed by atoms with Gasteiger partial charge in [-0.3, -0.25) is 4.90 Å². The number of ether oxygens (including phenoxy) is 1. The third-order valence-corrected chi connectivity index (χ3v) is 3.60. The number of hydrogen-bond acceptors (Lipinski definition) is 4. The molecule has 1 amide bonds. The monoisotopic (exact) mass is 327 g/mol. The van der Waals surface area contributed by atoms with Gasteiger partial charge >= 0.3 is 6.09 Å². The van der Waals surface area contributed by atoms with Gasteiger partial charge in [-0.15, -0.1) is 24.8 Å². The fourth-order valence-electron chi connectivity index (χ4n) is 2.64. The highest BCUT2D eigenvalue weighted by atomic mass is 35.5. The molecule has 20 heavy (non-hydrogen) atoms. The summed E-state index contributed by atoms with van der Waals surface area (Å²) in [7, 11) is 0. The molecule has 0 radical (unpaired) electrons. The Hall–Kier alpha value is -0.230. The van der Waals surface area contributed by atoms with Crippen LogP contribution in [0.4, 0.5) is 4.79 Å². The van der Waals surface area contributed by atoms with Crippen molar-refractivity contribution in [2.45, 2.75) is 38.8 Å². The molecule has 1 N–H and O–H groups in total. The number of nitrogens with one attached hydrogen (secondary N) is 1. The van der Waals surface area contributed by atoms with E-state index >= 15 is 0 Å². The molecule has 2 aliphatic heterocycles. The number of likely N-dealkylation sites (tertiary alicyclic amines) is 1. The molecule has 0 unspecified atom stereocenters. The van der Waals surface area contributed by atoms with Crippen LogP contribution in [0.15, 0.2) is 0 Å². The quantitative estimate of drug-likeness (QED) is 0.796. The van der Waals surface area contributed by atoms with E-state index in [2.05, 4.69) is 17.1 Å². The van der Waals surface area contributed by atoms with Gasteiger partial charge in [-0.2, -0.15) is 0 Å². The van der Waals surface area contributed by atoms with E-state index in [0.717, 1.165) is 39.3 Å². The summed E-state index contributed by atoms with van der Waals surface area (Å²) < 4.78 is 5.38. The van der Waals surface area contributed by atoms with E-state index in [1.165, 1.54) is 0 Å². The molecule has 5 nitrogen and oxygen atoms in total. The Morgan fingerprint density at radius 2 is 1.65 bits per heavy atom. The van der Waals surface area contributed by atoms with Crippen LogP contribution in [0.5, 0.6) is 0 Å². The molecule has 0 aromatic heterocycles. The lowest BCUT2D eigenvalue weighted by molar-refractivity contribution is -0.0592. The van der Waals surface area contributed by atoms with E-state index in [-0.39, 0.29) is 36.4 Å². The minimum absolute atomic E-state index is 0. The van der Waals surface area contributed by atoms with Crippen LogP contribution in [0.25, 0.3) is 0 Å². The molecular formula is C13H27Cl2N3O2. The smallest absolute Gasteiger partial charge is 0.410 e. The van der Waals surface area contributed by atoms with Crippen LogP contribution in [0.3, 0.4) is 0 Å². The number of halogens is 2. The Morgan fingerprint density at radius 1 is 1.15 bits per heavy atom. The summed E-state index contributed by atoms with van der Waals surface area (Å²) in [6.07, 6.45) is -0.185. The first kappa shape index (κ1) is 19.8. The van der Waals surface area contributed by atoms with Crippen molar-refractivity contribution in [3.05, 3.63) is 0 Å². The van der Waals surface area contributed by atoms with Gasteiger partial charge in [-0.05, 0) is 27.7 Å². The van der Waals surface area contributed by atoms with E-state index in [9.17, 15) is 4.79 Å². The Labute approximate surface area is 134 Å². The number of piperazine rings is 1. The van der Waals surface area contributed by atoms with Crippen LogP contribution < -0.4 is 5.32 Å².